The Morgan fingerprint density at radius 2 is 1.57 bits per heavy atom. The maximum atomic E-state index is 14.8. The number of anilines is 1. The van der Waals surface area contributed by atoms with E-state index in [1.807, 2.05) is 12.2 Å². The number of benzene rings is 2. The summed E-state index contributed by atoms with van der Waals surface area (Å²) in [5.74, 6) is -1.76. The number of rotatable bonds is 4. The smallest absolute Gasteiger partial charge is 0.255 e. The maximum Gasteiger partial charge on any atom is 0.255 e. The van der Waals surface area contributed by atoms with Gasteiger partial charge in [0.1, 0.15) is 5.82 Å². The van der Waals surface area contributed by atoms with Crippen LogP contribution in [0.3, 0.4) is 0 Å². The fourth-order valence-corrected chi connectivity index (χ4v) is 4.03. The van der Waals surface area contributed by atoms with Gasteiger partial charge in [0.25, 0.3) is 5.91 Å². The summed E-state index contributed by atoms with van der Waals surface area (Å²) in [6.07, 6.45) is 5.40. The van der Waals surface area contributed by atoms with Crippen LogP contribution in [0.25, 0.3) is 11.1 Å². The van der Waals surface area contributed by atoms with Crippen molar-refractivity contribution in [1.82, 2.24) is 10.6 Å². The Morgan fingerprint density at radius 3 is 2.17 bits per heavy atom. The average molecular weight is 430 g/mol. The molecule has 0 spiro atoms. The summed E-state index contributed by atoms with van der Waals surface area (Å²) in [6.45, 7) is 3.00. The highest BCUT2D eigenvalue weighted by Gasteiger charge is 2.19. The van der Waals surface area contributed by atoms with Gasteiger partial charge in [0.05, 0.1) is 10.7 Å². The number of amides is 1. The van der Waals surface area contributed by atoms with Gasteiger partial charge in [-0.15, -0.1) is 0 Å². The Balaban J connectivity index is 1.54. The first-order valence-corrected chi connectivity index (χ1v) is 10.3. The van der Waals surface area contributed by atoms with Crippen molar-refractivity contribution in [3.05, 3.63) is 75.8 Å². The summed E-state index contributed by atoms with van der Waals surface area (Å²) in [7, 11) is 0. The van der Waals surface area contributed by atoms with Gasteiger partial charge in [0, 0.05) is 24.2 Å². The standard InChI is InChI=1S/C23H22ClF2N3O/c24-21-18(15-7-11-28-12-8-15)3-4-20(22(21)26)29-23(30)16-1-2-17(19(25)13-16)14-5-9-27-10-6-14/h1-5,7,13,27-28H,6,8-12H2,(H,29,30). The van der Waals surface area contributed by atoms with Gasteiger partial charge in [-0.05, 0) is 60.8 Å². The summed E-state index contributed by atoms with van der Waals surface area (Å²) in [5, 5.41) is 8.85. The minimum Gasteiger partial charge on any atom is -0.319 e. The molecule has 2 aromatic carbocycles. The largest absolute Gasteiger partial charge is 0.319 e. The normalized spacial score (nSPS) is 16.6. The van der Waals surface area contributed by atoms with E-state index in [1.165, 1.54) is 12.1 Å². The van der Waals surface area contributed by atoms with E-state index in [1.54, 1.807) is 18.2 Å². The fraction of sp³-hybridized carbons (Fsp3) is 0.261. The van der Waals surface area contributed by atoms with Gasteiger partial charge in [-0.25, -0.2) is 8.78 Å². The van der Waals surface area contributed by atoms with E-state index in [2.05, 4.69) is 16.0 Å². The second-order valence-corrected chi connectivity index (χ2v) is 7.68. The highest BCUT2D eigenvalue weighted by Crippen LogP contribution is 2.33. The van der Waals surface area contributed by atoms with Crippen molar-refractivity contribution in [1.29, 1.82) is 0 Å². The molecule has 0 saturated heterocycles. The monoisotopic (exact) mass is 429 g/mol. The lowest BCUT2D eigenvalue weighted by atomic mass is 9.98. The summed E-state index contributed by atoms with van der Waals surface area (Å²) in [6, 6.07) is 7.51. The molecular weight excluding hydrogens is 408 g/mol. The van der Waals surface area contributed by atoms with E-state index in [9.17, 15) is 13.6 Å². The molecule has 7 heteroatoms. The van der Waals surface area contributed by atoms with Crippen LogP contribution in [0.15, 0.2) is 42.5 Å². The molecule has 2 heterocycles. The third-order valence-corrected chi connectivity index (χ3v) is 5.75. The lowest BCUT2D eigenvalue weighted by Crippen LogP contribution is -2.20. The third kappa shape index (κ3) is 4.31. The van der Waals surface area contributed by atoms with Gasteiger partial charge in [-0.2, -0.15) is 0 Å². The van der Waals surface area contributed by atoms with E-state index in [0.717, 1.165) is 37.1 Å². The number of hydrogen-bond donors (Lipinski definition) is 3. The van der Waals surface area contributed by atoms with Crippen LogP contribution in [0.2, 0.25) is 5.02 Å². The van der Waals surface area contributed by atoms with Crippen LogP contribution in [0.4, 0.5) is 14.5 Å². The zero-order valence-electron chi connectivity index (χ0n) is 16.3. The molecule has 156 valence electrons. The van der Waals surface area contributed by atoms with E-state index in [0.29, 0.717) is 24.2 Å². The number of carbonyl (C=O) groups excluding carboxylic acids is 1. The second kappa shape index (κ2) is 9.08. The predicted octanol–water partition coefficient (Wildman–Crippen LogP) is 4.62. The van der Waals surface area contributed by atoms with Crippen LogP contribution in [-0.2, 0) is 0 Å². The Labute approximate surface area is 179 Å². The van der Waals surface area contributed by atoms with Crippen molar-refractivity contribution in [2.24, 2.45) is 0 Å². The Bertz CT molecular complexity index is 1050. The van der Waals surface area contributed by atoms with Crippen LogP contribution in [-0.4, -0.2) is 32.1 Å². The third-order valence-electron chi connectivity index (χ3n) is 5.38. The van der Waals surface area contributed by atoms with E-state index < -0.39 is 17.5 Å². The van der Waals surface area contributed by atoms with Crippen molar-refractivity contribution in [2.45, 2.75) is 12.8 Å². The molecule has 0 radical (unpaired) electrons. The highest BCUT2D eigenvalue weighted by atomic mass is 35.5. The van der Waals surface area contributed by atoms with E-state index in [4.69, 9.17) is 11.6 Å². The van der Waals surface area contributed by atoms with Crippen LogP contribution in [0.1, 0.15) is 34.3 Å². The summed E-state index contributed by atoms with van der Waals surface area (Å²) in [5.41, 5.74) is 3.08. The summed E-state index contributed by atoms with van der Waals surface area (Å²) in [4.78, 5) is 12.6. The molecule has 2 aliphatic heterocycles. The molecule has 30 heavy (non-hydrogen) atoms. The molecule has 0 atom stereocenters. The lowest BCUT2D eigenvalue weighted by molar-refractivity contribution is 0.102. The number of halogens is 3. The number of hydrogen-bond acceptors (Lipinski definition) is 3. The Morgan fingerprint density at radius 1 is 0.933 bits per heavy atom. The predicted molar refractivity (Wildman–Crippen MR) is 117 cm³/mol. The molecular formula is C23H22ClF2N3O. The van der Waals surface area contributed by atoms with Crippen molar-refractivity contribution >= 4 is 34.3 Å². The molecule has 0 saturated carbocycles. The highest BCUT2D eigenvalue weighted by molar-refractivity contribution is 6.33. The van der Waals surface area contributed by atoms with Crippen LogP contribution in [0, 0.1) is 11.6 Å². The molecule has 0 aliphatic carbocycles. The SMILES string of the molecule is O=C(Nc1ccc(C2=CCNCC2)c(Cl)c1F)c1ccc(C2=CCNCC2)c(F)c1. The zero-order valence-corrected chi connectivity index (χ0v) is 17.1. The van der Waals surface area contributed by atoms with Crippen LogP contribution in [0.5, 0.6) is 0 Å². The van der Waals surface area contributed by atoms with Crippen molar-refractivity contribution in [3.63, 3.8) is 0 Å². The van der Waals surface area contributed by atoms with Gasteiger partial charge < -0.3 is 16.0 Å². The summed E-state index contributed by atoms with van der Waals surface area (Å²) >= 11 is 6.23. The minimum absolute atomic E-state index is 0.0275. The van der Waals surface area contributed by atoms with E-state index in [-0.39, 0.29) is 16.3 Å². The zero-order chi connectivity index (χ0) is 21.1. The maximum absolute atomic E-state index is 14.8. The summed E-state index contributed by atoms with van der Waals surface area (Å²) < 4.78 is 29.4. The molecule has 0 fully saturated rings. The van der Waals surface area contributed by atoms with Gasteiger partial charge in [0.15, 0.2) is 5.82 Å². The lowest BCUT2D eigenvalue weighted by Gasteiger charge is -2.17. The van der Waals surface area contributed by atoms with Gasteiger partial charge in [-0.1, -0.05) is 35.9 Å². The van der Waals surface area contributed by atoms with Crippen molar-refractivity contribution in [2.75, 3.05) is 31.5 Å². The molecule has 4 rings (SSSR count). The van der Waals surface area contributed by atoms with Gasteiger partial charge >= 0.3 is 0 Å². The van der Waals surface area contributed by atoms with Crippen molar-refractivity contribution in [3.8, 4) is 0 Å². The molecule has 1 amide bonds. The van der Waals surface area contributed by atoms with Crippen LogP contribution >= 0.6 is 11.6 Å². The first-order chi connectivity index (χ1) is 14.5. The molecule has 0 unspecified atom stereocenters. The molecule has 0 bridgehead atoms. The Kier molecular flexibility index (Phi) is 6.27. The van der Waals surface area contributed by atoms with E-state index >= 15 is 0 Å². The fourth-order valence-electron chi connectivity index (χ4n) is 3.74. The van der Waals surface area contributed by atoms with Gasteiger partial charge in [0.2, 0.25) is 0 Å². The topological polar surface area (TPSA) is 53.2 Å². The Hall–Kier alpha value is -2.54. The molecule has 2 aromatic rings. The average Bonchev–Trinajstić information content (AvgIpc) is 2.78. The first-order valence-electron chi connectivity index (χ1n) is 9.93. The molecule has 0 aromatic heterocycles. The van der Waals surface area contributed by atoms with Crippen LogP contribution < -0.4 is 16.0 Å². The van der Waals surface area contributed by atoms with Crippen molar-refractivity contribution < 1.29 is 13.6 Å². The first kappa shape index (κ1) is 20.7. The second-order valence-electron chi connectivity index (χ2n) is 7.30. The number of carbonyl (C=O) groups is 1. The molecule has 3 N–H and O–H groups in total. The van der Waals surface area contributed by atoms with Gasteiger partial charge in [-0.3, -0.25) is 4.79 Å². The molecule has 2 aliphatic rings. The molecule has 4 nitrogen and oxygen atoms in total. The number of nitrogens with one attached hydrogen (secondary N) is 3. The minimum atomic E-state index is -0.695. The quantitative estimate of drug-likeness (QED) is 0.664.